The average Bonchev–Trinajstić information content (AvgIpc) is 2.43. The Morgan fingerprint density at radius 3 is 2.63 bits per heavy atom. The molecule has 1 rings (SSSR count). The number of hydrogen-bond donors (Lipinski definition) is 3. The van der Waals surface area contributed by atoms with E-state index in [1.165, 1.54) is 0 Å². The number of carbonyl (C=O) groups excluding carboxylic acids is 1. The largest absolute Gasteiger partial charge is 0.396 e. The van der Waals surface area contributed by atoms with Gasteiger partial charge in [0.15, 0.2) is 5.69 Å². The maximum absolute atomic E-state index is 11.3. The molecule has 0 spiro atoms. The third kappa shape index (κ3) is 5.21. The summed E-state index contributed by atoms with van der Waals surface area (Å²) in [5, 5.41) is 22.5. The normalized spacial score (nSPS) is 11.2. The first-order valence-corrected chi connectivity index (χ1v) is 6.39. The van der Waals surface area contributed by atoms with Crippen molar-refractivity contribution >= 4 is 11.7 Å². The number of aliphatic hydroxyl groups excluding tert-OH is 1. The molecule has 1 heterocycles. The summed E-state index contributed by atoms with van der Waals surface area (Å²) in [6, 6.07) is 3.36. The topological polar surface area (TPSA) is 87.1 Å². The molecule has 0 aliphatic heterocycles. The van der Waals surface area contributed by atoms with E-state index < -0.39 is 0 Å². The lowest BCUT2D eigenvalue weighted by Crippen LogP contribution is -2.20. The van der Waals surface area contributed by atoms with Crippen LogP contribution >= 0.6 is 0 Å². The van der Waals surface area contributed by atoms with Gasteiger partial charge in [-0.15, -0.1) is 10.2 Å². The quantitative estimate of drug-likeness (QED) is 0.642. The Morgan fingerprint density at radius 1 is 1.37 bits per heavy atom. The van der Waals surface area contributed by atoms with Crippen molar-refractivity contribution in [2.45, 2.75) is 26.7 Å². The first kappa shape index (κ1) is 15.4. The molecule has 6 nitrogen and oxygen atoms in total. The predicted molar refractivity (Wildman–Crippen MR) is 74.0 cm³/mol. The Labute approximate surface area is 113 Å². The fraction of sp³-hybridized carbons (Fsp3) is 0.615. The molecular weight excluding hydrogens is 244 g/mol. The average molecular weight is 266 g/mol. The molecule has 0 aliphatic rings. The van der Waals surface area contributed by atoms with Gasteiger partial charge in [0.25, 0.3) is 5.91 Å². The molecular formula is C13H22N4O2. The van der Waals surface area contributed by atoms with Crippen molar-refractivity contribution < 1.29 is 9.90 Å². The minimum atomic E-state index is -0.247. The summed E-state index contributed by atoms with van der Waals surface area (Å²) in [6.45, 7) is 5.01. The molecule has 0 saturated carbocycles. The van der Waals surface area contributed by atoms with Gasteiger partial charge in [-0.2, -0.15) is 0 Å². The van der Waals surface area contributed by atoms with E-state index in [9.17, 15) is 4.79 Å². The SMILES string of the molecule is CNC(=O)c1ccc(NCCCC(C)(C)CO)nn1. The minimum Gasteiger partial charge on any atom is -0.396 e. The van der Waals surface area contributed by atoms with Gasteiger partial charge in [0.2, 0.25) is 0 Å². The zero-order valence-electron chi connectivity index (χ0n) is 11.7. The van der Waals surface area contributed by atoms with Gasteiger partial charge in [-0.1, -0.05) is 13.8 Å². The number of nitrogens with one attached hydrogen (secondary N) is 2. The molecule has 0 radical (unpaired) electrons. The van der Waals surface area contributed by atoms with Crippen molar-refractivity contribution in [2.75, 3.05) is 25.5 Å². The fourth-order valence-corrected chi connectivity index (χ4v) is 1.54. The lowest BCUT2D eigenvalue weighted by atomic mass is 9.89. The minimum absolute atomic E-state index is 0.0452. The van der Waals surface area contributed by atoms with Crippen LogP contribution in [0.15, 0.2) is 12.1 Å². The van der Waals surface area contributed by atoms with Crippen molar-refractivity contribution in [2.24, 2.45) is 5.41 Å². The second-order valence-corrected chi connectivity index (χ2v) is 5.24. The van der Waals surface area contributed by atoms with E-state index in [2.05, 4.69) is 20.8 Å². The van der Waals surface area contributed by atoms with Crippen molar-refractivity contribution in [1.29, 1.82) is 0 Å². The van der Waals surface area contributed by atoms with Crippen LogP contribution in [0.3, 0.4) is 0 Å². The molecule has 0 aromatic carbocycles. The van der Waals surface area contributed by atoms with Gasteiger partial charge < -0.3 is 15.7 Å². The molecule has 0 fully saturated rings. The fourth-order valence-electron chi connectivity index (χ4n) is 1.54. The Hall–Kier alpha value is -1.69. The van der Waals surface area contributed by atoms with Gasteiger partial charge in [0.05, 0.1) is 0 Å². The number of carbonyl (C=O) groups is 1. The number of aromatic nitrogens is 2. The van der Waals surface area contributed by atoms with Crippen LogP contribution in [0.5, 0.6) is 0 Å². The first-order chi connectivity index (χ1) is 8.98. The van der Waals surface area contributed by atoms with Crippen LogP contribution in [0.25, 0.3) is 0 Å². The maximum atomic E-state index is 11.3. The highest BCUT2D eigenvalue weighted by molar-refractivity contribution is 5.91. The van der Waals surface area contributed by atoms with E-state index in [-0.39, 0.29) is 17.9 Å². The second kappa shape index (κ2) is 7.04. The lowest BCUT2D eigenvalue weighted by molar-refractivity contribution is 0.0957. The van der Waals surface area contributed by atoms with Crippen molar-refractivity contribution in [1.82, 2.24) is 15.5 Å². The van der Waals surface area contributed by atoms with Gasteiger partial charge in [-0.3, -0.25) is 4.79 Å². The van der Waals surface area contributed by atoms with Crippen LogP contribution in [-0.4, -0.2) is 41.4 Å². The molecule has 1 aromatic rings. The zero-order chi connectivity index (χ0) is 14.3. The Kier molecular flexibility index (Phi) is 5.69. The van der Waals surface area contributed by atoms with E-state index in [1.807, 2.05) is 13.8 Å². The molecule has 0 atom stereocenters. The number of nitrogens with zero attached hydrogens (tertiary/aromatic N) is 2. The summed E-state index contributed by atoms with van der Waals surface area (Å²) < 4.78 is 0. The second-order valence-electron chi connectivity index (χ2n) is 5.24. The maximum Gasteiger partial charge on any atom is 0.271 e. The van der Waals surface area contributed by atoms with E-state index in [0.717, 1.165) is 19.4 Å². The van der Waals surface area contributed by atoms with Crippen LogP contribution in [-0.2, 0) is 0 Å². The van der Waals surface area contributed by atoms with E-state index in [1.54, 1.807) is 19.2 Å². The summed E-state index contributed by atoms with van der Waals surface area (Å²) in [6.07, 6.45) is 1.87. The number of hydrogen-bond acceptors (Lipinski definition) is 5. The molecule has 0 saturated heterocycles. The third-order valence-corrected chi connectivity index (χ3v) is 2.89. The summed E-state index contributed by atoms with van der Waals surface area (Å²) in [5.41, 5.74) is 0.255. The monoisotopic (exact) mass is 266 g/mol. The van der Waals surface area contributed by atoms with Crippen LogP contribution in [0.2, 0.25) is 0 Å². The molecule has 1 amide bonds. The number of amides is 1. The van der Waals surface area contributed by atoms with E-state index >= 15 is 0 Å². The summed E-state index contributed by atoms with van der Waals surface area (Å²) in [5.74, 6) is 0.401. The van der Waals surface area contributed by atoms with Gasteiger partial charge in [0, 0.05) is 20.2 Å². The first-order valence-electron chi connectivity index (χ1n) is 6.39. The van der Waals surface area contributed by atoms with Crippen molar-refractivity contribution in [3.63, 3.8) is 0 Å². The van der Waals surface area contributed by atoms with Crippen molar-refractivity contribution in [3.8, 4) is 0 Å². The molecule has 1 aromatic heterocycles. The number of anilines is 1. The molecule has 19 heavy (non-hydrogen) atoms. The molecule has 0 unspecified atom stereocenters. The smallest absolute Gasteiger partial charge is 0.271 e. The molecule has 106 valence electrons. The van der Waals surface area contributed by atoms with Gasteiger partial charge >= 0.3 is 0 Å². The zero-order valence-corrected chi connectivity index (χ0v) is 11.7. The third-order valence-electron chi connectivity index (χ3n) is 2.89. The van der Waals surface area contributed by atoms with Gasteiger partial charge in [-0.25, -0.2) is 0 Å². The van der Waals surface area contributed by atoms with Gasteiger partial charge in [0.1, 0.15) is 5.82 Å². The number of aliphatic hydroxyl groups is 1. The van der Waals surface area contributed by atoms with E-state index in [4.69, 9.17) is 5.11 Å². The van der Waals surface area contributed by atoms with Crippen molar-refractivity contribution in [3.05, 3.63) is 17.8 Å². The predicted octanol–water partition coefficient (Wildman–Crippen LogP) is 1.05. The van der Waals surface area contributed by atoms with Gasteiger partial charge in [-0.05, 0) is 30.4 Å². The molecule has 0 bridgehead atoms. The highest BCUT2D eigenvalue weighted by Gasteiger charge is 2.15. The summed E-state index contributed by atoms with van der Waals surface area (Å²) in [7, 11) is 1.55. The van der Waals surface area contributed by atoms with Crippen LogP contribution in [0.1, 0.15) is 37.2 Å². The Bertz CT molecular complexity index is 404. The molecule has 0 aliphatic carbocycles. The highest BCUT2D eigenvalue weighted by Crippen LogP contribution is 2.20. The molecule has 3 N–H and O–H groups in total. The van der Waals surface area contributed by atoms with Crippen LogP contribution < -0.4 is 10.6 Å². The van der Waals surface area contributed by atoms with E-state index in [0.29, 0.717) is 11.5 Å². The Balaban J connectivity index is 2.36. The Morgan fingerprint density at radius 2 is 2.11 bits per heavy atom. The lowest BCUT2D eigenvalue weighted by Gasteiger charge is -2.21. The number of rotatable bonds is 7. The van der Waals surface area contributed by atoms with Crippen LogP contribution in [0, 0.1) is 5.41 Å². The summed E-state index contributed by atoms with van der Waals surface area (Å²) >= 11 is 0. The standard InChI is InChI=1S/C13H22N4O2/c1-13(2,9-18)7-4-8-15-11-6-5-10(16-17-11)12(19)14-3/h5-6,18H,4,7-9H2,1-3H3,(H,14,19)(H,15,17). The molecule has 6 heteroatoms. The highest BCUT2D eigenvalue weighted by atomic mass is 16.3. The summed E-state index contributed by atoms with van der Waals surface area (Å²) in [4.78, 5) is 11.3. The van der Waals surface area contributed by atoms with Crippen LogP contribution in [0.4, 0.5) is 5.82 Å².